The van der Waals surface area contributed by atoms with Crippen molar-refractivity contribution in [3.63, 3.8) is 0 Å². The average molecular weight is 291 g/mol. The van der Waals surface area contributed by atoms with Gasteiger partial charge < -0.3 is 5.11 Å². The maximum atomic E-state index is 12.2. The van der Waals surface area contributed by atoms with Crippen LogP contribution in [0.1, 0.15) is 30.5 Å². The van der Waals surface area contributed by atoms with E-state index in [1.165, 1.54) is 4.90 Å². The van der Waals surface area contributed by atoms with Gasteiger partial charge in [0.05, 0.1) is 4.91 Å². The van der Waals surface area contributed by atoms with Crippen molar-refractivity contribution in [2.45, 2.75) is 33.7 Å². The molecule has 1 aliphatic rings. The summed E-state index contributed by atoms with van der Waals surface area (Å²) in [7, 11) is 0. The average Bonchev–Trinajstić information content (AvgIpc) is 2.61. The van der Waals surface area contributed by atoms with E-state index in [9.17, 15) is 14.7 Å². The lowest BCUT2D eigenvalue weighted by Crippen LogP contribution is -2.34. The number of aromatic hydroxyl groups is 1. The third-order valence-electron chi connectivity index (χ3n) is 3.15. The largest absolute Gasteiger partial charge is 0.507 e. The van der Waals surface area contributed by atoms with E-state index in [-0.39, 0.29) is 22.9 Å². The van der Waals surface area contributed by atoms with E-state index in [4.69, 9.17) is 0 Å². The first-order valence-corrected chi connectivity index (χ1v) is 7.20. The van der Waals surface area contributed by atoms with Crippen LogP contribution in [0.15, 0.2) is 17.0 Å². The number of rotatable bonds is 2. The number of benzene rings is 1. The highest BCUT2D eigenvalue weighted by Crippen LogP contribution is 2.34. The second-order valence-electron chi connectivity index (χ2n) is 5.15. The van der Waals surface area contributed by atoms with Crippen LogP contribution in [0.2, 0.25) is 0 Å². The number of phenols is 1. The third kappa shape index (κ3) is 2.58. The normalized spacial score (nSPS) is 17.6. The summed E-state index contributed by atoms with van der Waals surface area (Å²) in [4.78, 5) is 25.7. The first-order chi connectivity index (χ1) is 9.31. The summed E-state index contributed by atoms with van der Waals surface area (Å²) in [6.07, 6.45) is 1.70. The molecular formula is C15H17NO3S. The number of imide groups is 1. The molecule has 0 unspecified atom stereocenters. The van der Waals surface area contributed by atoms with Crippen molar-refractivity contribution in [3.8, 4) is 5.75 Å². The van der Waals surface area contributed by atoms with Gasteiger partial charge >= 0.3 is 0 Å². The van der Waals surface area contributed by atoms with Crippen LogP contribution < -0.4 is 0 Å². The van der Waals surface area contributed by atoms with Crippen molar-refractivity contribution in [3.05, 3.63) is 33.7 Å². The Kier molecular flexibility index (Phi) is 3.90. The first-order valence-electron chi connectivity index (χ1n) is 6.38. The molecular weight excluding hydrogens is 274 g/mol. The lowest BCUT2D eigenvalue weighted by molar-refractivity contribution is -0.123. The molecule has 0 aliphatic carbocycles. The number of carbonyl (C=O) groups excluding carboxylic acids is 2. The molecule has 0 bridgehead atoms. The zero-order valence-corrected chi connectivity index (χ0v) is 12.7. The second kappa shape index (κ2) is 5.32. The van der Waals surface area contributed by atoms with Crippen LogP contribution in [0.25, 0.3) is 6.08 Å². The van der Waals surface area contributed by atoms with Gasteiger partial charge in [0.15, 0.2) is 0 Å². The summed E-state index contributed by atoms with van der Waals surface area (Å²) >= 11 is 0.957. The summed E-state index contributed by atoms with van der Waals surface area (Å²) in [6.45, 7) is 7.24. The van der Waals surface area contributed by atoms with Crippen LogP contribution in [0.3, 0.4) is 0 Å². The molecule has 5 heteroatoms. The SMILES string of the molecule is Cc1cc(/C=C2\SC(=O)N(C(C)C)C2=O)cc(C)c1O. The van der Waals surface area contributed by atoms with Crippen molar-refractivity contribution in [2.24, 2.45) is 0 Å². The fourth-order valence-corrected chi connectivity index (χ4v) is 3.11. The van der Waals surface area contributed by atoms with E-state index in [0.717, 1.165) is 28.5 Å². The van der Waals surface area contributed by atoms with E-state index >= 15 is 0 Å². The zero-order chi connectivity index (χ0) is 15.0. The Bertz CT molecular complexity index is 597. The molecule has 2 rings (SSSR count). The number of phenolic OH excluding ortho intramolecular Hbond substituents is 1. The van der Waals surface area contributed by atoms with E-state index in [1.807, 2.05) is 13.8 Å². The molecule has 1 heterocycles. The zero-order valence-electron chi connectivity index (χ0n) is 11.9. The Hall–Kier alpha value is -1.75. The minimum Gasteiger partial charge on any atom is -0.507 e. The molecule has 1 aliphatic heterocycles. The Morgan fingerprint density at radius 2 is 1.75 bits per heavy atom. The van der Waals surface area contributed by atoms with Gasteiger partial charge in [0.2, 0.25) is 0 Å². The van der Waals surface area contributed by atoms with E-state index in [0.29, 0.717) is 4.91 Å². The molecule has 106 valence electrons. The molecule has 2 amide bonds. The van der Waals surface area contributed by atoms with Gasteiger partial charge in [-0.15, -0.1) is 0 Å². The smallest absolute Gasteiger partial charge is 0.293 e. The predicted octanol–water partition coefficient (Wildman–Crippen LogP) is 3.45. The Labute approximate surface area is 122 Å². The van der Waals surface area contributed by atoms with Gasteiger partial charge in [-0.25, -0.2) is 0 Å². The van der Waals surface area contributed by atoms with Crippen molar-refractivity contribution in [1.29, 1.82) is 0 Å². The summed E-state index contributed by atoms with van der Waals surface area (Å²) in [5.41, 5.74) is 2.31. The predicted molar refractivity (Wildman–Crippen MR) is 80.5 cm³/mol. The number of aryl methyl sites for hydroxylation is 2. The molecule has 1 aromatic rings. The van der Waals surface area contributed by atoms with Crippen molar-refractivity contribution < 1.29 is 14.7 Å². The number of hydrogen-bond donors (Lipinski definition) is 1. The van der Waals surface area contributed by atoms with Crippen LogP contribution in [0.5, 0.6) is 5.75 Å². The highest BCUT2D eigenvalue weighted by atomic mass is 32.2. The summed E-state index contributed by atoms with van der Waals surface area (Å²) < 4.78 is 0. The number of thioether (sulfide) groups is 1. The number of amides is 2. The fourth-order valence-electron chi connectivity index (χ4n) is 2.15. The van der Waals surface area contributed by atoms with Crippen LogP contribution in [-0.4, -0.2) is 27.2 Å². The van der Waals surface area contributed by atoms with Crippen LogP contribution in [0, 0.1) is 13.8 Å². The van der Waals surface area contributed by atoms with E-state index in [2.05, 4.69) is 0 Å². The van der Waals surface area contributed by atoms with Crippen LogP contribution in [-0.2, 0) is 4.79 Å². The summed E-state index contributed by atoms with van der Waals surface area (Å²) in [5, 5.41) is 9.51. The third-order valence-corrected chi connectivity index (χ3v) is 4.03. The van der Waals surface area contributed by atoms with E-state index < -0.39 is 0 Å². The number of nitrogens with zero attached hydrogens (tertiary/aromatic N) is 1. The van der Waals surface area contributed by atoms with Gasteiger partial charge in [0, 0.05) is 6.04 Å². The lowest BCUT2D eigenvalue weighted by Gasteiger charge is -2.16. The quantitative estimate of drug-likeness (QED) is 0.848. The minimum absolute atomic E-state index is 0.142. The lowest BCUT2D eigenvalue weighted by atomic mass is 10.1. The topological polar surface area (TPSA) is 57.6 Å². The molecule has 0 atom stereocenters. The van der Waals surface area contributed by atoms with Gasteiger partial charge in [0.25, 0.3) is 11.1 Å². The Morgan fingerprint density at radius 3 is 2.20 bits per heavy atom. The molecule has 1 N–H and O–H groups in total. The first kappa shape index (κ1) is 14.7. The standard InChI is InChI=1S/C15H17NO3S/c1-8(2)16-14(18)12(20-15(16)19)7-11-5-9(3)13(17)10(4)6-11/h5-8,17H,1-4H3/b12-7-. The van der Waals surface area contributed by atoms with Crippen LogP contribution >= 0.6 is 11.8 Å². The van der Waals surface area contributed by atoms with Gasteiger partial charge in [-0.2, -0.15) is 0 Å². The van der Waals surface area contributed by atoms with Gasteiger partial charge in [0.1, 0.15) is 5.75 Å². The number of hydrogen-bond acceptors (Lipinski definition) is 4. The molecule has 1 fully saturated rings. The van der Waals surface area contributed by atoms with E-state index in [1.54, 1.807) is 32.1 Å². The maximum Gasteiger partial charge on any atom is 0.293 e. The maximum absolute atomic E-state index is 12.2. The second-order valence-corrected chi connectivity index (χ2v) is 6.14. The van der Waals surface area contributed by atoms with Crippen molar-refractivity contribution in [1.82, 2.24) is 4.90 Å². The van der Waals surface area contributed by atoms with Gasteiger partial charge in [-0.05, 0) is 74.4 Å². The van der Waals surface area contributed by atoms with Gasteiger partial charge in [-0.1, -0.05) is 0 Å². The van der Waals surface area contributed by atoms with Crippen molar-refractivity contribution in [2.75, 3.05) is 0 Å². The Balaban J connectivity index is 2.38. The monoisotopic (exact) mass is 291 g/mol. The highest BCUT2D eigenvalue weighted by molar-refractivity contribution is 8.18. The summed E-state index contributed by atoms with van der Waals surface area (Å²) in [5.74, 6) is 0.0100. The summed E-state index contributed by atoms with van der Waals surface area (Å²) in [6, 6.07) is 3.45. The Morgan fingerprint density at radius 1 is 1.20 bits per heavy atom. The number of carbonyl (C=O) groups is 2. The molecule has 20 heavy (non-hydrogen) atoms. The molecule has 0 radical (unpaired) electrons. The van der Waals surface area contributed by atoms with Crippen LogP contribution in [0.4, 0.5) is 4.79 Å². The molecule has 0 aromatic heterocycles. The molecule has 1 aromatic carbocycles. The molecule has 0 saturated carbocycles. The minimum atomic E-state index is -0.251. The van der Waals surface area contributed by atoms with Gasteiger partial charge in [-0.3, -0.25) is 14.5 Å². The molecule has 1 saturated heterocycles. The fraction of sp³-hybridized carbons (Fsp3) is 0.333. The molecule has 4 nitrogen and oxygen atoms in total. The highest BCUT2D eigenvalue weighted by Gasteiger charge is 2.36. The van der Waals surface area contributed by atoms with Crippen molar-refractivity contribution >= 4 is 29.0 Å². The molecule has 0 spiro atoms.